The third kappa shape index (κ3) is 2.07. The Labute approximate surface area is 85.0 Å². The van der Waals surface area contributed by atoms with Gasteiger partial charge in [0.1, 0.15) is 0 Å². The van der Waals surface area contributed by atoms with Gasteiger partial charge in [-0.3, -0.25) is 0 Å². The molecule has 1 aromatic rings. The van der Waals surface area contributed by atoms with E-state index in [0.29, 0.717) is 6.04 Å². The van der Waals surface area contributed by atoms with Crippen LogP contribution in [-0.4, -0.2) is 16.7 Å². The molecule has 0 aliphatic carbocycles. The number of rotatable bonds is 2. The number of nitrogens with one attached hydrogen (secondary N) is 1. The van der Waals surface area contributed by atoms with Crippen molar-refractivity contribution in [1.29, 1.82) is 0 Å². The molecule has 2 nitrogen and oxygen atoms in total. The first kappa shape index (κ1) is 9.53. The van der Waals surface area contributed by atoms with Crippen LogP contribution < -0.4 is 5.32 Å². The molecule has 0 bridgehead atoms. The van der Waals surface area contributed by atoms with Crippen molar-refractivity contribution in [2.75, 3.05) is 5.32 Å². The molecule has 1 aliphatic rings. The molecule has 0 saturated carbocycles. The van der Waals surface area contributed by atoms with Gasteiger partial charge in [0.25, 0.3) is 0 Å². The number of para-hydroxylation sites is 1. The van der Waals surface area contributed by atoms with Crippen molar-refractivity contribution in [3.8, 4) is 0 Å². The molecule has 0 aromatic heterocycles. The van der Waals surface area contributed by atoms with Gasteiger partial charge in [0, 0.05) is 11.7 Å². The maximum atomic E-state index is 9.72. The monoisotopic (exact) mass is 191 g/mol. The van der Waals surface area contributed by atoms with Gasteiger partial charge < -0.3 is 10.4 Å². The van der Waals surface area contributed by atoms with E-state index in [2.05, 4.69) is 23.5 Å². The Morgan fingerprint density at radius 3 is 2.79 bits per heavy atom. The average Bonchev–Trinajstić information content (AvgIpc) is 2.42. The molecule has 2 N–H and O–H groups in total. The predicted octanol–water partition coefficient (Wildman–Crippen LogP) is 2.18. The van der Waals surface area contributed by atoms with E-state index >= 15 is 0 Å². The van der Waals surface area contributed by atoms with Crippen LogP contribution in [0.15, 0.2) is 24.3 Å². The molecule has 2 heteroatoms. The van der Waals surface area contributed by atoms with E-state index in [0.717, 1.165) is 12.8 Å². The zero-order valence-electron chi connectivity index (χ0n) is 8.75. The molecule has 1 atom stereocenters. The summed E-state index contributed by atoms with van der Waals surface area (Å²) >= 11 is 0. The van der Waals surface area contributed by atoms with Gasteiger partial charge in [0.2, 0.25) is 0 Å². The number of fused-ring (bicyclic) bond motifs is 1. The Hall–Kier alpha value is -1.02. The fraction of sp³-hybridized carbons (Fsp3) is 0.500. The van der Waals surface area contributed by atoms with E-state index in [1.807, 2.05) is 19.9 Å². The minimum absolute atomic E-state index is 0.382. The Kier molecular flexibility index (Phi) is 2.23. The lowest BCUT2D eigenvalue weighted by Crippen LogP contribution is -2.29. The van der Waals surface area contributed by atoms with E-state index < -0.39 is 5.60 Å². The first-order valence-electron chi connectivity index (χ1n) is 5.11. The molecule has 0 saturated heterocycles. The van der Waals surface area contributed by atoms with Crippen molar-refractivity contribution in [1.82, 2.24) is 0 Å². The second-order valence-corrected chi connectivity index (χ2v) is 4.72. The molecule has 0 spiro atoms. The van der Waals surface area contributed by atoms with Gasteiger partial charge in [-0.05, 0) is 38.3 Å². The summed E-state index contributed by atoms with van der Waals surface area (Å²) in [6.45, 7) is 3.72. The van der Waals surface area contributed by atoms with Gasteiger partial charge in [-0.25, -0.2) is 0 Å². The zero-order valence-corrected chi connectivity index (χ0v) is 8.75. The van der Waals surface area contributed by atoms with E-state index in [4.69, 9.17) is 0 Å². The molecule has 2 rings (SSSR count). The first-order chi connectivity index (χ1) is 6.54. The van der Waals surface area contributed by atoms with E-state index in [1.54, 1.807) is 0 Å². The van der Waals surface area contributed by atoms with E-state index in [9.17, 15) is 5.11 Å². The third-order valence-electron chi connectivity index (χ3n) is 2.59. The van der Waals surface area contributed by atoms with Crippen molar-refractivity contribution < 1.29 is 5.11 Å². The van der Waals surface area contributed by atoms with Crippen LogP contribution >= 0.6 is 0 Å². The second kappa shape index (κ2) is 3.28. The van der Waals surface area contributed by atoms with E-state index in [-0.39, 0.29) is 0 Å². The lowest BCUT2D eigenvalue weighted by Gasteiger charge is -2.22. The molecule has 1 heterocycles. The highest BCUT2D eigenvalue weighted by molar-refractivity contribution is 5.56. The highest BCUT2D eigenvalue weighted by atomic mass is 16.3. The number of aliphatic hydroxyl groups is 1. The topological polar surface area (TPSA) is 32.3 Å². The van der Waals surface area contributed by atoms with Gasteiger partial charge in [0.15, 0.2) is 0 Å². The van der Waals surface area contributed by atoms with Gasteiger partial charge >= 0.3 is 0 Å². The summed E-state index contributed by atoms with van der Waals surface area (Å²) < 4.78 is 0. The Morgan fingerprint density at radius 2 is 2.14 bits per heavy atom. The summed E-state index contributed by atoms with van der Waals surface area (Å²) in [7, 11) is 0. The summed E-state index contributed by atoms with van der Waals surface area (Å²) in [6.07, 6.45) is 1.82. The van der Waals surface area contributed by atoms with Crippen LogP contribution in [0.2, 0.25) is 0 Å². The largest absolute Gasteiger partial charge is 0.390 e. The molecule has 0 amide bonds. The molecular formula is C12H17NO. The van der Waals surface area contributed by atoms with Crippen molar-refractivity contribution in [3.05, 3.63) is 29.8 Å². The van der Waals surface area contributed by atoms with Crippen LogP contribution in [0.5, 0.6) is 0 Å². The standard InChI is InChI=1S/C12H17NO/c1-12(2,14)8-10-7-9-5-3-4-6-11(9)13-10/h3-6,10,13-14H,7-8H2,1-2H3. The van der Waals surface area contributed by atoms with Crippen molar-refractivity contribution >= 4 is 5.69 Å². The zero-order chi connectivity index (χ0) is 10.2. The SMILES string of the molecule is CC(C)(O)CC1Cc2ccccc2N1. The van der Waals surface area contributed by atoms with Gasteiger partial charge in [-0.15, -0.1) is 0 Å². The summed E-state index contributed by atoms with van der Waals surface area (Å²) in [5.74, 6) is 0. The van der Waals surface area contributed by atoms with Crippen LogP contribution in [0.25, 0.3) is 0 Å². The van der Waals surface area contributed by atoms with E-state index in [1.165, 1.54) is 11.3 Å². The third-order valence-corrected chi connectivity index (χ3v) is 2.59. The smallest absolute Gasteiger partial charge is 0.0611 e. The molecular weight excluding hydrogens is 174 g/mol. The summed E-state index contributed by atoms with van der Waals surface area (Å²) in [6, 6.07) is 8.73. The Balaban J connectivity index is 2.05. The maximum absolute atomic E-state index is 9.72. The molecule has 0 fully saturated rings. The number of anilines is 1. The molecule has 1 aliphatic heterocycles. The van der Waals surface area contributed by atoms with Crippen LogP contribution in [-0.2, 0) is 6.42 Å². The Bertz CT molecular complexity index is 302. The maximum Gasteiger partial charge on any atom is 0.0611 e. The number of hydrogen-bond acceptors (Lipinski definition) is 2. The summed E-state index contributed by atoms with van der Waals surface area (Å²) in [5.41, 5.74) is 2.00. The predicted molar refractivity (Wildman–Crippen MR) is 58.5 cm³/mol. The fourth-order valence-corrected chi connectivity index (χ4v) is 2.10. The van der Waals surface area contributed by atoms with Gasteiger partial charge in [0.05, 0.1) is 5.60 Å². The molecule has 76 valence electrons. The lowest BCUT2D eigenvalue weighted by atomic mass is 9.97. The van der Waals surface area contributed by atoms with Crippen molar-refractivity contribution in [2.45, 2.75) is 38.3 Å². The minimum atomic E-state index is -0.584. The molecule has 0 radical (unpaired) electrons. The van der Waals surface area contributed by atoms with Crippen LogP contribution in [0.4, 0.5) is 5.69 Å². The first-order valence-corrected chi connectivity index (χ1v) is 5.11. The second-order valence-electron chi connectivity index (χ2n) is 4.72. The highest BCUT2D eigenvalue weighted by Crippen LogP contribution is 2.28. The normalized spacial score (nSPS) is 20.4. The highest BCUT2D eigenvalue weighted by Gasteiger charge is 2.25. The van der Waals surface area contributed by atoms with Crippen LogP contribution in [0.1, 0.15) is 25.8 Å². The fourth-order valence-electron chi connectivity index (χ4n) is 2.10. The summed E-state index contributed by atoms with van der Waals surface area (Å²) in [4.78, 5) is 0. The average molecular weight is 191 g/mol. The quantitative estimate of drug-likeness (QED) is 0.751. The molecule has 14 heavy (non-hydrogen) atoms. The van der Waals surface area contributed by atoms with Crippen molar-refractivity contribution in [2.24, 2.45) is 0 Å². The Morgan fingerprint density at radius 1 is 1.43 bits per heavy atom. The number of hydrogen-bond donors (Lipinski definition) is 2. The van der Waals surface area contributed by atoms with Gasteiger partial charge in [-0.1, -0.05) is 18.2 Å². The molecule has 1 aromatic carbocycles. The number of benzene rings is 1. The summed E-state index contributed by atoms with van der Waals surface area (Å²) in [5, 5.41) is 13.1. The molecule has 1 unspecified atom stereocenters. The van der Waals surface area contributed by atoms with Gasteiger partial charge in [-0.2, -0.15) is 0 Å². The minimum Gasteiger partial charge on any atom is -0.390 e. The van der Waals surface area contributed by atoms with Crippen LogP contribution in [0, 0.1) is 0 Å². The van der Waals surface area contributed by atoms with Crippen molar-refractivity contribution in [3.63, 3.8) is 0 Å². The lowest BCUT2D eigenvalue weighted by molar-refractivity contribution is 0.0663. The van der Waals surface area contributed by atoms with Crippen LogP contribution in [0.3, 0.4) is 0 Å².